The van der Waals surface area contributed by atoms with Crippen LogP contribution in [0.25, 0.3) is 0 Å². The van der Waals surface area contributed by atoms with Crippen LogP contribution in [0.5, 0.6) is 5.75 Å². The number of carbonyl (C=O) groups is 2. The van der Waals surface area contributed by atoms with Crippen molar-refractivity contribution in [2.24, 2.45) is 0 Å². The molecule has 1 fully saturated rings. The van der Waals surface area contributed by atoms with Crippen LogP contribution in [0.2, 0.25) is 5.02 Å². The Morgan fingerprint density at radius 1 is 0.946 bits per heavy atom. The van der Waals surface area contributed by atoms with Crippen molar-refractivity contribution in [3.8, 4) is 5.75 Å². The normalized spacial score (nSPS) is 14.5. The molecule has 4 rings (SSSR count). The molecule has 1 aliphatic carbocycles. The highest BCUT2D eigenvalue weighted by molar-refractivity contribution is 6.30. The number of amides is 2. The van der Waals surface area contributed by atoms with Crippen molar-refractivity contribution in [1.29, 1.82) is 0 Å². The summed E-state index contributed by atoms with van der Waals surface area (Å²) in [6, 6.07) is 24.3. The fraction of sp³-hybridized carbons (Fsp3) is 0.355. The molecule has 0 spiro atoms. The van der Waals surface area contributed by atoms with Gasteiger partial charge in [0.1, 0.15) is 11.8 Å². The van der Waals surface area contributed by atoms with E-state index in [1.165, 1.54) is 6.42 Å². The van der Waals surface area contributed by atoms with Crippen LogP contribution in [0.4, 0.5) is 0 Å². The first-order chi connectivity index (χ1) is 18.0. The van der Waals surface area contributed by atoms with Crippen LogP contribution in [0.1, 0.15) is 48.8 Å². The van der Waals surface area contributed by atoms with Crippen molar-refractivity contribution in [2.75, 3.05) is 6.61 Å². The second-order valence-electron chi connectivity index (χ2n) is 9.81. The van der Waals surface area contributed by atoms with Gasteiger partial charge < -0.3 is 15.0 Å². The summed E-state index contributed by atoms with van der Waals surface area (Å²) in [4.78, 5) is 29.1. The topological polar surface area (TPSA) is 58.6 Å². The molecular weight excluding hydrogens is 484 g/mol. The molecule has 0 radical (unpaired) electrons. The molecule has 1 aliphatic rings. The Labute approximate surface area is 224 Å². The summed E-state index contributed by atoms with van der Waals surface area (Å²) in [6.45, 7) is 2.07. The maximum atomic E-state index is 13.8. The van der Waals surface area contributed by atoms with Gasteiger partial charge in [-0.1, -0.05) is 85.5 Å². The van der Waals surface area contributed by atoms with E-state index in [1.54, 1.807) is 11.0 Å². The summed E-state index contributed by atoms with van der Waals surface area (Å²) in [7, 11) is 0. The lowest BCUT2D eigenvalue weighted by Crippen LogP contribution is -2.53. The van der Waals surface area contributed by atoms with Gasteiger partial charge in [0.05, 0.1) is 0 Å². The van der Waals surface area contributed by atoms with Crippen LogP contribution in [0.15, 0.2) is 78.9 Å². The van der Waals surface area contributed by atoms with Crippen molar-refractivity contribution in [2.45, 2.75) is 64.1 Å². The Bertz CT molecular complexity index is 1180. The second-order valence-corrected chi connectivity index (χ2v) is 10.2. The van der Waals surface area contributed by atoms with Crippen LogP contribution >= 0.6 is 11.6 Å². The zero-order valence-corrected chi connectivity index (χ0v) is 22.1. The molecule has 37 heavy (non-hydrogen) atoms. The number of hydrogen-bond donors (Lipinski definition) is 1. The van der Waals surface area contributed by atoms with E-state index < -0.39 is 6.04 Å². The predicted octanol–water partition coefficient (Wildman–Crippen LogP) is 6.12. The van der Waals surface area contributed by atoms with Crippen molar-refractivity contribution in [1.82, 2.24) is 10.2 Å². The van der Waals surface area contributed by atoms with Gasteiger partial charge in [0, 0.05) is 24.0 Å². The first kappa shape index (κ1) is 26.7. The van der Waals surface area contributed by atoms with Gasteiger partial charge >= 0.3 is 0 Å². The summed E-state index contributed by atoms with van der Waals surface area (Å²) in [5.41, 5.74) is 2.91. The van der Waals surface area contributed by atoms with Crippen LogP contribution in [-0.2, 0) is 22.6 Å². The minimum Gasteiger partial charge on any atom is -0.484 e. The van der Waals surface area contributed by atoms with E-state index in [2.05, 4.69) is 5.32 Å². The molecular formula is C31H35ClN2O3. The number of halogens is 1. The Hall–Kier alpha value is -3.31. The average molecular weight is 519 g/mol. The maximum absolute atomic E-state index is 13.8. The molecule has 2 amide bonds. The molecule has 194 valence electrons. The van der Waals surface area contributed by atoms with E-state index in [-0.39, 0.29) is 31.0 Å². The van der Waals surface area contributed by atoms with E-state index in [1.807, 2.05) is 79.7 Å². The summed E-state index contributed by atoms with van der Waals surface area (Å²) in [6.07, 6.45) is 5.80. The van der Waals surface area contributed by atoms with Gasteiger partial charge in [0.2, 0.25) is 5.91 Å². The third-order valence-electron chi connectivity index (χ3n) is 6.82. The van der Waals surface area contributed by atoms with Crippen LogP contribution < -0.4 is 10.1 Å². The number of aryl methyl sites for hydroxylation is 1. The number of hydrogen-bond acceptors (Lipinski definition) is 3. The highest BCUT2D eigenvalue weighted by Gasteiger charge is 2.32. The first-order valence-corrected chi connectivity index (χ1v) is 13.4. The lowest BCUT2D eigenvalue weighted by atomic mass is 9.94. The zero-order valence-electron chi connectivity index (χ0n) is 21.4. The minimum atomic E-state index is -0.683. The van der Waals surface area contributed by atoms with Gasteiger partial charge in [0.25, 0.3) is 5.91 Å². The summed E-state index contributed by atoms with van der Waals surface area (Å²) in [5.74, 6) is 0.255. The van der Waals surface area contributed by atoms with E-state index in [0.29, 0.717) is 17.2 Å². The van der Waals surface area contributed by atoms with Crippen molar-refractivity contribution in [3.63, 3.8) is 0 Å². The number of nitrogens with one attached hydrogen (secondary N) is 1. The van der Waals surface area contributed by atoms with Gasteiger partial charge in [-0.25, -0.2) is 0 Å². The minimum absolute atomic E-state index is 0.123. The molecule has 0 saturated heterocycles. The Kier molecular flexibility index (Phi) is 9.61. The molecule has 0 aromatic heterocycles. The quantitative estimate of drug-likeness (QED) is 0.352. The van der Waals surface area contributed by atoms with Crippen molar-refractivity contribution < 1.29 is 14.3 Å². The molecule has 1 atom stereocenters. The second kappa shape index (κ2) is 13.3. The summed E-state index contributed by atoms with van der Waals surface area (Å²) in [5, 5.41) is 3.84. The van der Waals surface area contributed by atoms with E-state index in [0.717, 1.165) is 42.4 Å². The monoisotopic (exact) mass is 518 g/mol. The first-order valence-electron chi connectivity index (χ1n) is 13.1. The van der Waals surface area contributed by atoms with Crippen molar-refractivity contribution >= 4 is 23.4 Å². The highest BCUT2D eigenvalue weighted by atomic mass is 35.5. The maximum Gasteiger partial charge on any atom is 0.261 e. The standard InChI is InChI=1S/C31H35ClN2O3/c1-23-10-8-17-28(18-23)37-22-30(35)34(21-25-13-9-14-26(32)19-25)29(20-24-11-4-2-5-12-24)31(36)33-27-15-6-3-7-16-27/h2,4-5,8-14,17-19,27,29H,3,6-7,15-16,20-22H2,1H3,(H,33,36)/t29-/m1/s1. The fourth-order valence-electron chi connectivity index (χ4n) is 4.86. The Balaban J connectivity index is 1.61. The van der Waals surface area contributed by atoms with Gasteiger partial charge in [-0.3, -0.25) is 9.59 Å². The number of rotatable bonds is 10. The highest BCUT2D eigenvalue weighted by Crippen LogP contribution is 2.21. The van der Waals surface area contributed by atoms with Gasteiger partial charge in [-0.05, 0) is 60.7 Å². The van der Waals surface area contributed by atoms with Crippen molar-refractivity contribution in [3.05, 3.63) is 101 Å². The third-order valence-corrected chi connectivity index (χ3v) is 7.05. The van der Waals surface area contributed by atoms with E-state index in [9.17, 15) is 9.59 Å². The molecule has 1 saturated carbocycles. The Morgan fingerprint density at radius 3 is 2.41 bits per heavy atom. The average Bonchev–Trinajstić information content (AvgIpc) is 2.90. The number of benzene rings is 3. The SMILES string of the molecule is Cc1cccc(OCC(=O)N(Cc2cccc(Cl)c2)[C@H](Cc2ccccc2)C(=O)NC2CCCCC2)c1. The Morgan fingerprint density at radius 2 is 1.68 bits per heavy atom. The number of ether oxygens (including phenoxy) is 1. The number of nitrogens with zero attached hydrogens (tertiary/aromatic N) is 1. The molecule has 3 aromatic rings. The van der Waals surface area contributed by atoms with Gasteiger partial charge in [0.15, 0.2) is 6.61 Å². The lowest BCUT2D eigenvalue weighted by molar-refractivity contribution is -0.143. The van der Waals surface area contributed by atoms with Crippen LogP contribution in [0.3, 0.4) is 0 Å². The molecule has 3 aromatic carbocycles. The molecule has 1 N–H and O–H groups in total. The number of carbonyl (C=O) groups excluding carboxylic acids is 2. The fourth-order valence-corrected chi connectivity index (χ4v) is 5.08. The molecule has 5 nitrogen and oxygen atoms in total. The molecule has 0 unspecified atom stereocenters. The smallest absolute Gasteiger partial charge is 0.261 e. The summed E-state index contributed by atoms with van der Waals surface area (Å²) < 4.78 is 5.87. The predicted molar refractivity (Wildman–Crippen MR) is 148 cm³/mol. The largest absolute Gasteiger partial charge is 0.484 e. The lowest BCUT2D eigenvalue weighted by Gasteiger charge is -2.33. The zero-order chi connectivity index (χ0) is 26.0. The van der Waals surface area contributed by atoms with Gasteiger partial charge in [-0.2, -0.15) is 0 Å². The molecule has 6 heteroatoms. The molecule has 0 heterocycles. The van der Waals surface area contributed by atoms with Crippen LogP contribution in [0, 0.1) is 6.92 Å². The van der Waals surface area contributed by atoms with Crippen LogP contribution in [-0.4, -0.2) is 35.4 Å². The van der Waals surface area contributed by atoms with Gasteiger partial charge in [-0.15, -0.1) is 0 Å². The summed E-state index contributed by atoms with van der Waals surface area (Å²) >= 11 is 6.26. The molecule has 0 aliphatic heterocycles. The molecule has 0 bridgehead atoms. The van der Waals surface area contributed by atoms with E-state index >= 15 is 0 Å². The third kappa shape index (κ3) is 8.09. The van der Waals surface area contributed by atoms with E-state index in [4.69, 9.17) is 16.3 Å².